The number of benzene rings is 3. The number of imidazole rings is 1. The second-order valence-electron chi connectivity index (χ2n) is 8.54. The second kappa shape index (κ2) is 9.90. The van der Waals surface area contributed by atoms with Crippen LogP contribution in [-0.4, -0.2) is 28.6 Å². The Morgan fingerprint density at radius 3 is 2.33 bits per heavy atom. The summed E-state index contributed by atoms with van der Waals surface area (Å²) in [4.78, 5) is 17.1. The maximum Gasteiger partial charge on any atom is 0.257 e. The number of amides is 1. The molecular formula is C28H31N3O2. The monoisotopic (exact) mass is 441 g/mol. The fourth-order valence-corrected chi connectivity index (χ4v) is 4.22. The first-order chi connectivity index (χ1) is 15.9. The molecule has 0 fully saturated rings. The number of fused-ring (bicyclic) bond motifs is 1. The molecule has 0 spiro atoms. The molecule has 0 radical (unpaired) electrons. The van der Waals surface area contributed by atoms with Crippen molar-refractivity contribution in [3.05, 3.63) is 94.3 Å². The summed E-state index contributed by atoms with van der Waals surface area (Å²) < 4.78 is 7.83. The van der Waals surface area contributed by atoms with Gasteiger partial charge in [-0.15, -0.1) is 0 Å². The van der Waals surface area contributed by atoms with E-state index in [2.05, 4.69) is 49.7 Å². The zero-order valence-electron chi connectivity index (χ0n) is 19.8. The van der Waals surface area contributed by atoms with Gasteiger partial charge < -0.3 is 14.6 Å². The van der Waals surface area contributed by atoms with Gasteiger partial charge in [0.05, 0.1) is 11.0 Å². The molecule has 3 aromatic carbocycles. The summed E-state index contributed by atoms with van der Waals surface area (Å²) in [7, 11) is 0. The summed E-state index contributed by atoms with van der Waals surface area (Å²) in [5, 5.41) is 2.96. The number of aromatic nitrogens is 2. The minimum Gasteiger partial charge on any atom is -0.484 e. The van der Waals surface area contributed by atoms with Gasteiger partial charge in [-0.25, -0.2) is 4.98 Å². The standard InChI is InChI=1S/C28H31N3O2/c1-19-16-20(2)22(4)24(21(19)3)17-31-26-13-9-8-12-25(26)30-27(31)14-15-29-28(32)18-33-23-10-6-5-7-11-23/h5-13,16H,14-15,17-18H2,1-4H3,(H,29,32). The fraction of sp³-hybridized carbons (Fsp3) is 0.286. The quantitative estimate of drug-likeness (QED) is 0.416. The highest BCUT2D eigenvalue weighted by molar-refractivity contribution is 5.78. The van der Waals surface area contributed by atoms with E-state index in [1.807, 2.05) is 48.5 Å². The molecule has 0 atom stereocenters. The summed E-state index contributed by atoms with van der Waals surface area (Å²) in [6, 6.07) is 19.9. The molecule has 4 rings (SSSR count). The molecule has 0 aliphatic heterocycles. The molecule has 0 bridgehead atoms. The van der Waals surface area contributed by atoms with Gasteiger partial charge in [0.15, 0.2) is 6.61 Å². The van der Waals surface area contributed by atoms with Crippen molar-refractivity contribution in [3.63, 3.8) is 0 Å². The number of rotatable bonds is 8. The summed E-state index contributed by atoms with van der Waals surface area (Å²) >= 11 is 0. The zero-order chi connectivity index (χ0) is 23.4. The minimum atomic E-state index is -0.137. The summed E-state index contributed by atoms with van der Waals surface area (Å²) in [6.07, 6.45) is 0.647. The van der Waals surface area contributed by atoms with Crippen molar-refractivity contribution in [2.45, 2.75) is 40.7 Å². The highest BCUT2D eigenvalue weighted by Crippen LogP contribution is 2.25. The van der Waals surface area contributed by atoms with Crippen LogP contribution >= 0.6 is 0 Å². The SMILES string of the molecule is Cc1cc(C)c(C)c(Cn2c(CCNC(=O)COc3ccccc3)nc3ccccc32)c1C. The average molecular weight is 442 g/mol. The van der Waals surface area contributed by atoms with Crippen LogP contribution in [0.5, 0.6) is 5.75 Å². The molecule has 33 heavy (non-hydrogen) atoms. The minimum absolute atomic E-state index is 0.00138. The lowest BCUT2D eigenvalue weighted by atomic mass is 9.94. The van der Waals surface area contributed by atoms with Crippen LogP contribution in [0.1, 0.15) is 33.6 Å². The van der Waals surface area contributed by atoms with E-state index in [4.69, 9.17) is 9.72 Å². The number of hydrogen-bond donors (Lipinski definition) is 1. The lowest BCUT2D eigenvalue weighted by molar-refractivity contribution is -0.123. The molecular weight excluding hydrogens is 410 g/mol. The first-order valence-corrected chi connectivity index (χ1v) is 11.4. The number of carbonyl (C=O) groups excluding carboxylic acids is 1. The highest BCUT2D eigenvalue weighted by Gasteiger charge is 2.15. The van der Waals surface area contributed by atoms with Crippen molar-refractivity contribution < 1.29 is 9.53 Å². The van der Waals surface area contributed by atoms with E-state index in [0.717, 1.165) is 23.4 Å². The fourth-order valence-electron chi connectivity index (χ4n) is 4.22. The van der Waals surface area contributed by atoms with Gasteiger partial charge in [-0.3, -0.25) is 4.79 Å². The van der Waals surface area contributed by atoms with E-state index >= 15 is 0 Å². The maximum absolute atomic E-state index is 12.3. The third-order valence-electron chi connectivity index (χ3n) is 6.36. The van der Waals surface area contributed by atoms with E-state index < -0.39 is 0 Å². The molecule has 0 saturated carbocycles. The zero-order valence-corrected chi connectivity index (χ0v) is 19.8. The second-order valence-corrected chi connectivity index (χ2v) is 8.54. The summed E-state index contributed by atoms with van der Waals surface area (Å²) in [5.41, 5.74) is 8.71. The van der Waals surface area contributed by atoms with Crippen molar-refractivity contribution in [3.8, 4) is 5.75 Å². The van der Waals surface area contributed by atoms with Crippen molar-refractivity contribution >= 4 is 16.9 Å². The molecule has 1 N–H and O–H groups in total. The van der Waals surface area contributed by atoms with Crippen LogP contribution in [0, 0.1) is 27.7 Å². The first kappa shape index (κ1) is 22.6. The van der Waals surface area contributed by atoms with Crippen LogP contribution < -0.4 is 10.1 Å². The molecule has 170 valence electrons. The molecule has 0 saturated heterocycles. The average Bonchev–Trinajstić information content (AvgIpc) is 3.17. The predicted octanol–water partition coefficient (Wildman–Crippen LogP) is 5.06. The largest absolute Gasteiger partial charge is 0.484 e. The Bertz CT molecular complexity index is 1250. The van der Waals surface area contributed by atoms with E-state index in [1.54, 1.807) is 0 Å². The number of para-hydroxylation sites is 3. The van der Waals surface area contributed by atoms with Gasteiger partial charge >= 0.3 is 0 Å². The first-order valence-electron chi connectivity index (χ1n) is 11.4. The van der Waals surface area contributed by atoms with E-state index in [1.165, 1.54) is 27.8 Å². The lowest BCUT2D eigenvalue weighted by Gasteiger charge is -2.18. The van der Waals surface area contributed by atoms with Crippen molar-refractivity contribution in [1.82, 2.24) is 14.9 Å². The topological polar surface area (TPSA) is 56.2 Å². The van der Waals surface area contributed by atoms with Gasteiger partial charge in [-0.1, -0.05) is 36.4 Å². The predicted molar refractivity (Wildman–Crippen MR) is 133 cm³/mol. The molecule has 0 aliphatic carbocycles. The van der Waals surface area contributed by atoms with Gasteiger partial charge in [0.1, 0.15) is 11.6 Å². The number of ether oxygens (including phenoxy) is 1. The Labute approximate surface area is 195 Å². The normalized spacial score (nSPS) is 11.0. The number of aryl methyl sites for hydroxylation is 2. The molecule has 0 unspecified atom stereocenters. The Kier molecular flexibility index (Phi) is 6.78. The van der Waals surface area contributed by atoms with Crippen LogP contribution in [0.15, 0.2) is 60.7 Å². The van der Waals surface area contributed by atoms with Gasteiger partial charge in [0.25, 0.3) is 5.91 Å². The Hall–Kier alpha value is -3.60. The number of nitrogens with one attached hydrogen (secondary N) is 1. The molecule has 4 aromatic rings. The third kappa shape index (κ3) is 5.08. The molecule has 1 aromatic heterocycles. The van der Waals surface area contributed by atoms with Crippen LogP contribution in [0.3, 0.4) is 0 Å². The van der Waals surface area contributed by atoms with Crippen molar-refractivity contribution in [1.29, 1.82) is 0 Å². The van der Waals surface area contributed by atoms with Crippen LogP contribution in [0.2, 0.25) is 0 Å². The molecule has 5 nitrogen and oxygen atoms in total. The van der Waals surface area contributed by atoms with E-state index in [0.29, 0.717) is 18.7 Å². The van der Waals surface area contributed by atoms with Crippen LogP contribution in [-0.2, 0) is 17.8 Å². The molecule has 1 amide bonds. The summed E-state index contributed by atoms with van der Waals surface area (Å²) in [6.45, 7) is 10.0. The van der Waals surface area contributed by atoms with Crippen molar-refractivity contribution in [2.24, 2.45) is 0 Å². The summed E-state index contributed by atoms with van der Waals surface area (Å²) in [5.74, 6) is 1.52. The van der Waals surface area contributed by atoms with Crippen LogP contribution in [0.4, 0.5) is 0 Å². The maximum atomic E-state index is 12.3. The molecule has 5 heteroatoms. The lowest BCUT2D eigenvalue weighted by Crippen LogP contribution is -2.31. The highest BCUT2D eigenvalue weighted by atomic mass is 16.5. The van der Waals surface area contributed by atoms with Gasteiger partial charge in [-0.05, 0) is 79.8 Å². The number of carbonyl (C=O) groups is 1. The molecule has 0 aliphatic rings. The Balaban J connectivity index is 1.50. The molecule has 1 heterocycles. The van der Waals surface area contributed by atoms with E-state index in [9.17, 15) is 4.79 Å². The van der Waals surface area contributed by atoms with Gasteiger partial charge in [0.2, 0.25) is 0 Å². The van der Waals surface area contributed by atoms with Crippen LogP contribution in [0.25, 0.3) is 11.0 Å². The van der Waals surface area contributed by atoms with E-state index in [-0.39, 0.29) is 12.5 Å². The number of nitrogens with zero attached hydrogens (tertiary/aromatic N) is 2. The van der Waals surface area contributed by atoms with Gasteiger partial charge in [0, 0.05) is 19.5 Å². The Morgan fingerprint density at radius 1 is 0.939 bits per heavy atom. The smallest absolute Gasteiger partial charge is 0.257 e. The van der Waals surface area contributed by atoms with Crippen molar-refractivity contribution in [2.75, 3.05) is 13.2 Å². The number of hydrogen-bond acceptors (Lipinski definition) is 3. The third-order valence-corrected chi connectivity index (χ3v) is 6.36. The van der Waals surface area contributed by atoms with Gasteiger partial charge in [-0.2, -0.15) is 0 Å². The Morgan fingerprint density at radius 2 is 1.61 bits per heavy atom.